The molecule has 2 heteroatoms. The molecule has 2 nitrogen and oxygen atoms in total. The quantitative estimate of drug-likeness (QED) is 0.306. The third-order valence-corrected chi connectivity index (χ3v) is 2.44. The van der Waals surface area contributed by atoms with Crippen molar-refractivity contribution in [3.8, 4) is 5.75 Å². The van der Waals surface area contributed by atoms with Crippen LogP contribution in [0.1, 0.15) is 39.0 Å². The maximum atomic E-state index is 11.4. The Kier molecular flexibility index (Phi) is 6.80. The number of benzene rings is 1. The average Bonchev–Trinajstić information content (AvgIpc) is 2.35. The van der Waals surface area contributed by atoms with Crippen LogP contribution in [0.2, 0.25) is 0 Å². The van der Waals surface area contributed by atoms with Crippen molar-refractivity contribution in [2.75, 3.05) is 0 Å². The summed E-state index contributed by atoms with van der Waals surface area (Å²) in [5, 5.41) is 0. The number of hydrogen-bond donors (Lipinski definition) is 0. The molecule has 1 aromatic rings. The van der Waals surface area contributed by atoms with E-state index in [2.05, 4.69) is 6.92 Å². The number of ether oxygens (including phenoxy) is 1. The fourth-order valence-corrected chi connectivity index (χ4v) is 1.51. The third kappa shape index (κ3) is 6.56. The minimum absolute atomic E-state index is 0.299. The highest BCUT2D eigenvalue weighted by atomic mass is 16.5. The van der Waals surface area contributed by atoms with Crippen LogP contribution in [0.15, 0.2) is 42.5 Å². The summed E-state index contributed by atoms with van der Waals surface area (Å²) < 4.78 is 5.12. The van der Waals surface area contributed by atoms with E-state index in [0.717, 1.165) is 12.8 Å². The van der Waals surface area contributed by atoms with Crippen LogP contribution < -0.4 is 4.74 Å². The molecule has 0 bridgehead atoms. The van der Waals surface area contributed by atoms with E-state index in [0.29, 0.717) is 5.75 Å². The largest absolute Gasteiger partial charge is 0.423 e. The van der Waals surface area contributed by atoms with Gasteiger partial charge in [0.25, 0.3) is 0 Å². The topological polar surface area (TPSA) is 26.3 Å². The summed E-state index contributed by atoms with van der Waals surface area (Å²) in [6, 6.07) is 9.12. The molecule has 0 unspecified atom stereocenters. The Hall–Kier alpha value is -1.57. The lowest BCUT2D eigenvalue weighted by atomic mass is 10.1. The Morgan fingerprint density at radius 1 is 1.18 bits per heavy atom. The first-order valence-electron chi connectivity index (χ1n) is 6.26. The normalized spacial score (nSPS) is 10.6. The second kappa shape index (κ2) is 8.57. The Bertz CT molecular complexity index is 341. The van der Waals surface area contributed by atoms with Gasteiger partial charge in [0, 0.05) is 6.08 Å². The minimum Gasteiger partial charge on any atom is -0.423 e. The van der Waals surface area contributed by atoms with E-state index >= 15 is 0 Å². The number of para-hydroxylation sites is 1. The predicted molar refractivity (Wildman–Crippen MR) is 70.0 cm³/mol. The van der Waals surface area contributed by atoms with Crippen LogP contribution in [0.4, 0.5) is 0 Å². The van der Waals surface area contributed by atoms with Crippen LogP contribution >= 0.6 is 0 Å². The molecule has 0 N–H and O–H groups in total. The first kappa shape index (κ1) is 13.5. The average molecular weight is 232 g/mol. The van der Waals surface area contributed by atoms with E-state index in [1.807, 2.05) is 24.3 Å². The SMILES string of the molecule is CCCCCC/C=C/C(=O)Oc1ccccc1. The van der Waals surface area contributed by atoms with Gasteiger partial charge in [-0.1, -0.05) is 50.5 Å². The van der Waals surface area contributed by atoms with Crippen LogP contribution in [0.25, 0.3) is 0 Å². The number of carbonyl (C=O) groups excluding carboxylic acids is 1. The van der Waals surface area contributed by atoms with Gasteiger partial charge < -0.3 is 4.74 Å². The molecule has 0 heterocycles. The van der Waals surface area contributed by atoms with Crippen molar-refractivity contribution in [2.45, 2.75) is 39.0 Å². The molecule has 0 aromatic heterocycles. The number of esters is 1. The summed E-state index contributed by atoms with van der Waals surface area (Å²) in [7, 11) is 0. The predicted octanol–water partition coefficient (Wildman–Crippen LogP) is 4.12. The first-order chi connectivity index (χ1) is 8.33. The molecule has 0 radical (unpaired) electrons. The maximum absolute atomic E-state index is 11.4. The molecule has 0 saturated carbocycles. The van der Waals surface area contributed by atoms with Gasteiger partial charge in [0.15, 0.2) is 0 Å². The number of hydrogen-bond acceptors (Lipinski definition) is 2. The Balaban J connectivity index is 2.19. The fraction of sp³-hybridized carbons (Fsp3) is 0.400. The zero-order valence-electron chi connectivity index (χ0n) is 10.4. The maximum Gasteiger partial charge on any atom is 0.335 e. The van der Waals surface area contributed by atoms with Crippen molar-refractivity contribution in [1.29, 1.82) is 0 Å². The van der Waals surface area contributed by atoms with Crippen LogP contribution in [-0.4, -0.2) is 5.97 Å². The van der Waals surface area contributed by atoms with Gasteiger partial charge in [-0.2, -0.15) is 0 Å². The molecule has 1 rings (SSSR count). The van der Waals surface area contributed by atoms with Gasteiger partial charge in [-0.3, -0.25) is 0 Å². The lowest BCUT2D eigenvalue weighted by Crippen LogP contribution is -2.03. The lowest BCUT2D eigenvalue weighted by Gasteiger charge is -1.99. The lowest BCUT2D eigenvalue weighted by molar-refractivity contribution is -0.129. The monoisotopic (exact) mass is 232 g/mol. The van der Waals surface area contributed by atoms with E-state index in [4.69, 9.17) is 4.74 Å². The summed E-state index contributed by atoms with van der Waals surface area (Å²) >= 11 is 0. The zero-order chi connectivity index (χ0) is 12.3. The minimum atomic E-state index is -0.299. The van der Waals surface area contributed by atoms with Gasteiger partial charge in [0.05, 0.1) is 0 Å². The fourth-order valence-electron chi connectivity index (χ4n) is 1.51. The highest BCUT2D eigenvalue weighted by molar-refractivity contribution is 5.83. The van der Waals surface area contributed by atoms with Crippen LogP contribution in [0.3, 0.4) is 0 Å². The smallest absolute Gasteiger partial charge is 0.335 e. The molecule has 0 spiro atoms. The van der Waals surface area contributed by atoms with E-state index in [1.165, 1.54) is 25.3 Å². The molecular weight excluding hydrogens is 212 g/mol. The molecule has 0 saturated heterocycles. The third-order valence-electron chi connectivity index (χ3n) is 2.44. The van der Waals surface area contributed by atoms with E-state index in [9.17, 15) is 4.79 Å². The molecule has 1 aromatic carbocycles. The van der Waals surface area contributed by atoms with Gasteiger partial charge in [-0.15, -0.1) is 0 Å². The van der Waals surface area contributed by atoms with Crippen molar-refractivity contribution < 1.29 is 9.53 Å². The number of rotatable bonds is 7. The molecule has 0 amide bonds. The van der Waals surface area contributed by atoms with Crippen LogP contribution in [0, 0.1) is 0 Å². The zero-order valence-corrected chi connectivity index (χ0v) is 10.4. The van der Waals surface area contributed by atoms with Gasteiger partial charge in [-0.05, 0) is 25.0 Å². The highest BCUT2D eigenvalue weighted by Gasteiger charge is 1.97. The van der Waals surface area contributed by atoms with Crippen molar-refractivity contribution >= 4 is 5.97 Å². The summed E-state index contributed by atoms with van der Waals surface area (Å²) in [5.41, 5.74) is 0. The first-order valence-corrected chi connectivity index (χ1v) is 6.26. The van der Waals surface area contributed by atoms with Crippen molar-refractivity contribution in [3.05, 3.63) is 42.5 Å². The molecule has 17 heavy (non-hydrogen) atoms. The number of unbranched alkanes of at least 4 members (excludes halogenated alkanes) is 4. The second-order valence-corrected chi connectivity index (χ2v) is 3.99. The van der Waals surface area contributed by atoms with E-state index in [1.54, 1.807) is 12.1 Å². The summed E-state index contributed by atoms with van der Waals surface area (Å²) in [6.45, 7) is 2.19. The Morgan fingerprint density at radius 3 is 2.65 bits per heavy atom. The van der Waals surface area contributed by atoms with Crippen molar-refractivity contribution in [1.82, 2.24) is 0 Å². The molecule has 0 aliphatic carbocycles. The summed E-state index contributed by atoms with van der Waals surface area (Å²) in [4.78, 5) is 11.4. The van der Waals surface area contributed by atoms with E-state index < -0.39 is 0 Å². The standard InChI is InChI=1S/C15H20O2/c1-2-3-4-5-6-10-13-15(16)17-14-11-8-7-9-12-14/h7-13H,2-6H2,1H3/b13-10+. The number of carbonyl (C=O) groups is 1. The Morgan fingerprint density at radius 2 is 1.94 bits per heavy atom. The van der Waals surface area contributed by atoms with Gasteiger partial charge in [0.1, 0.15) is 5.75 Å². The summed E-state index contributed by atoms with van der Waals surface area (Å²) in [5.74, 6) is 0.292. The molecule has 0 fully saturated rings. The molecule has 92 valence electrons. The second-order valence-electron chi connectivity index (χ2n) is 3.99. The molecule has 0 atom stereocenters. The molecule has 0 aliphatic heterocycles. The van der Waals surface area contributed by atoms with Gasteiger partial charge in [0.2, 0.25) is 0 Å². The number of allylic oxidation sites excluding steroid dienone is 1. The van der Waals surface area contributed by atoms with E-state index in [-0.39, 0.29) is 5.97 Å². The Labute approximate surface area is 103 Å². The van der Waals surface area contributed by atoms with Crippen molar-refractivity contribution in [3.63, 3.8) is 0 Å². The van der Waals surface area contributed by atoms with Gasteiger partial charge in [-0.25, -0.2) is 4.79 Å². The van der Waals surface area contributed by atoms with Crippen LogP contribution in [0.5, 0.6) is 5.75 Å². The van der Waals surface area contributed by atoms with Gasteiger partial charge >= 0.3 is 5.97 Å². The van der Waals surface area contributed by atoms with Crippen LogP contribution in [-0.2, 0) is 4.79 Å². The van der Waals surface area contributed by atoms with Crippen molar-refractivity contribution in [2.24, 2.45) is 0 Å². The molecule has 0 aliphatic rings. The summed E-state index contributed by atoms with van der Waals surface area (Å²) in [6.07, 6.45) is 9.23. The molecular formula is C15H20O2. The highest BCUT2D eigenvalue weighted by Crippen LogP contribution is 2.09.